The zero-order valence-corrected chi connectivity index (χ0v) is 10.1. The summed E-state index contributed by atoms with van der Waals surface area (Å²) in [6.07, 6.45) is -2.67. The van der Waals surface area contributed by atoms with Crippen LogP contribution in [0.25, 0.3) is 0 Å². The van der Waals surface area contributed by atoms with Crippen LogP contribution in [0.3, 0.4) is 0 Å². The van der Waals surface area contributed by atoms with Crippen molar-refractivity contribution in [2.75, 3.05) is 0 Å². The molecule has 0 aliphatic rings. The van der Waals surface area contributed by atoms with Gasteiger partial charge in [-0.3, -0.25) is 4.79 Å². The molecule has 5 heteroatoms. The molecule has 0 N–H and O–H groups in total. The molecule has 1 unspecified atom stereocenters. The Balaban J connectivity index is 3.21. The SMILES string of the molecule is CC(Br)C(=O)c1cccc(C(F)F)c1Cl. The van der Waals surface area contributed by atoms with Crippen LogP contribution in [0.5, 0.6) is 0 Å². The quantitative estimate of drug-likeness (QED) is 0.602. The molecule has 0 aliphatic heterocycles. The van der Waals surface area contributed by atoms with Gasteiger partial charge in [0, 0.05) is 11.1 Å². The zero-order chi connectivity index (χ0) is 11.6. The first-order valence-electron chi connectivity index (χ1n) is 4.20. The molecular weight excluding hydrogens is 289 g/mol. The van der Waals surface area contributed by atoms with E-state index in [-0.39, 0.29) is 21.9 Å². The minimum Gasteiger partial charge on any atom is -0.293 e. The van der Waals surface area contributed by atoms with Gasteiger partial charge >= 0.3 is 0 Å². The van der Waals surface area contributed by atoms with Gasteiger partial charge in [-0.1, -0.05) is 39.7 Å². The van der Waals surface area contributed by atoms with Gasteiger partial charge in [-0.15, -0.1) is 0 Å². The molecule has 1 aromatic carbocycles. The van der Waals surface area contributed by atoms with E-state index < -0.39 is 11.3 Å². The molecule has 1 aromatic rings. The van der Waals surface area contributed by atoms with Gasteiger partial charge in [0.2, 0.25) is 0 Å². The van der Waals surface area contributed by atoms with Gasteiger partial charge in [0.15, 0.2) is 5.78 Å². The van der Waals surface area contributed by atoms with E-state index in [1.807, 2.05) is 0 Å². The van der Waals surface area contributed by atoms with Crippen LogP contribution in [0.2, 0.25) is 5.02 Å². The third-order valence-electron chi connectivity index (χ3n) is 1.89. The van der Waals surface area contributed by atoms with Crippen LogP contribution in [0, 0.1) is 0 Å². The molecule has 1 atom stereocenters. The van der Waals surface area contributed by atoms with Crippen molar-refractivity contribution in [1.29, 1.82) is 0 Å². The number of hydrogen-bond donors (Lipinski definition) is 0. The number of rotatable bonds is 3. The van der Waals surface area contributed by atoms with Crippen LogP contribution in [0.15, 0.2) is 18.2 Å². The van der Waals surface area contributed by atoms with E-state index in [0.29, 0.717) is 0 Å². The van der Waals surface area contributed by atoms with Gasteiger partial charge < -0.3 is 0 Å². The lowest BCUT2D eigenvalue weighted by atomic mass is 10.1. The van der Waals surface area contributed by atoms with Crippen LogP contribution in [-0.2, 0) is 0 Å². The average Bonchev–Trinajstić information content (AvgIpc) is 2.16. The molecule has 0 spiro atoms. The highest BCUT2D eigenvalue weighted by Crippen LogP contribution is 2.30. The molecular formula is C10H8BrClF2O. The summed E-state index contributed by atoms with van der Waals surface area (Å²) in [5, 5.41) is -0.163. The first-order chi connectivity index (χ1) is 6.95. The fourth-order valence-corrected chi connectivity index (χ4v) is 1.67. The standard InChI is InChI=1S/C10H8BrClF2O/c1-5(11)9(15)6-3-2-4-7(8(6)12)10(13)14/h2-5,10H,1H3. The molecule has 0 bridgehead atoms. The highest BCUT2D eigenvalue weighted by Gasteiger charge is 2.20. The van der Waals surface area contributed by atoms with E-state index in [2.05, 4.69) is 15.9 Å². The Kier molecular flexibility index (Phi) is 4.22. The summed E-state index contributed by atoms with van der Waals surface area (Å²) in [5.74, 6) is -0.303. The van der Waals surface area contributed by atoms with Crippen molar-refractivity contribution in [1.82, 2.24) is 0 Å². The summed E-state index contributed by atoms with van der Waals surface area (Å²) >= 11 is 8.80. The van der Waals surface area contributed by atoms with E-state index >= 15 is 0 Å². The molecule has 0 saturated carbocycles. The van der Waals surface area contributed by atoms with Crippen molar-refractivity contribution >= 4 is 33.3 Å². The van der Waals surface area contributed by atoms with Gasteiger partial charge in [-0.25, -0.2) is 8.78 Å². The van der Waals surface area contributed by atoms with E-state index in [1.54, 1.807) is 6.92 Å². The number of ketones is 1. The van der Waals surface area contributed by atoms with Crippen molar-refractivity contribution in [2.24, 2.45) is 0 Å². The number of halogens is 4. The number of alkyl halides is 3. The summed E-state index contributed by atoms with van der Waals surface area (Å²) in [6, 6.07) is 4.05. The van der Waals surface area contributed by atoms with Gasteiger partial charge in [0.1, 0.15) is 0 Å². The highest BCUT2D eigenvalue weighted by molar-refractivity contribution is 9.10. The second-order valence-electron chi connectivity index (χ2n) is 2.99. The lowest BCUT2D eigenvalue weighted by Crippen LogP contribution is -2.11. The Morgan fingerprint density at radius 2 is 2.07 bits per heavy atom. The molecule has 0 fully saturated rings. The Morgan fingerprint density at radius 1 is 1.47 bits per heavy atom. The van der Waals surface area contributed by atoms with Crippen LogP contribution in [0.4, 0.5) is 8.78 Å². The van der Waals surface area contributed by atoms with Crippen molar-refractivity contribution in [3.63, 3.8) is 0 Å². The lowest BCUT2D eigenvalue weighted by Gasteiger charge is -2.09. The maximum Gasteiger partial charge on any atom is 0.265 e. The fourth-order valence-electron chi connectivity index (χ4n) is 1.12. The van der Waals surface area contributed by atoms with Crippen molar-refractivity contribution < 1.29 is 13.6 Å². The first-order valence-corrected chi connectivity index (χ1v) is 5.49. The van der Waals surface area contributed by atoms with E-state index in [4.69, 9.17) is 11.6 Å². The van der Waals surface area contributed by atoms with Crippen LogP contribution < -0.4 is 0 Å². The summed E-state index contributed by atoms with van der Waals surface area (Å²) in [5.41, 5.74) is -0.186. The molecule has 1 rings (SSSR count). The fraction of sp³-hybridized carbons (Fsp3) is 0.300. The Hall–Kier alpha value is -0.480. The maximum absolute atomic E-state index is 12.5. The smallest absolute Gasteiger partial charge is 0.265 e. The van der Waals surface area contributed by atoms with Crippen molar-refractivity contribution in [2.45, 2.75) is 18.2 Å². The third-order valence-corrected chi connectivity index (χ3v) is 2.73. The van der Waals surface area contributed by atoms with Crippen molar-refractivity contribution in [3.8, 4) is 0 Å². The number of hydrogen-bond acceptors (Lipinski definition) is 1. The molecule has 0 radical (unpaired) electrons. The largest absolute Gasteiger partial charge is 0.293 e. The molecule has 1 nitrogen and oxygen atoms in total. The summed E-state index contributed by atoms with van der Waals surface area (Å²) in [7, 11) is 0. The third kappa shape index (κ3) is 2.75. The summed E-state index contributed by atoms with van der Waals surface area (Å²) < 4.78 is 24.9. The van der Waals surface area contributed by atoms with Crippen LogP contribution >= 0.6 is 27.5 Å². The minimum atomic E-state index is -2.67. The second kappa shape index (κ2) is 5.03. The van der Waals surface area contributed by atoms with Gasteiger partial charge in [0.25, 0.3) is 6.43 Å². The molecule has 15 heavy (non-hydrogen) atoms. The van der Waals surface area contributed by atoms with Crippen molar-refractivity contribution in [3.05, 3.63) is 34.3 Å². The van der Waals surface area contributed by atoms with E-state index in [9.17, 15) is 13.6 Å². The molecule has 0 amide bonds. The molecule has 0 saturated heterocycles. The van der Waals surface area contributed by atoms with E-state index in [1.165, 1.54) is 18.2 Å². The minimum absolute atomic E-state index is 0.124. The second-order valence-corrected chi connectivity index (χ2v) is 4.74. The maximum atomic E-state index is 12.5. The summed E-state index contributed by atoms with van der Waals surface area (Å²) in [6.45, 7) is 1.62. The highest BCUT2D eigenvalue weighted by atomic mass is 79.9. The predicted octanol–water partition coefficient (Wildman–Crippen LogP) is 4.24. The average molecular weight is 298 g/mol. The lowest BCUT2D eigenvalue weighted by molar-refractivity contribution is 0.0995. The number of Topliss-reactive ketones (excluding diaryl/α,β-unsaturated/α-hetero) is 1. The number of carbonyl (C=O) groups excluding carboxylic acids is 1. The zero-order valence-electron chi connectivity index (χ0n) is 7.81. The topological polar surface area (TPSA) is 17.1 Å². The molecule has 82 valence electrons. The van der Waals surface area contributed by atoms with Crippen LogP contribution in [-0.4, -0.2) is 10.6 Å². The van der Waals surface area contributed by atoms with Gasteiger partial charge in [-0.05, 0) is 13.0 Å². The molecule has 0 heterocycles. The van der Waals surface area contributed by atoms with Crippen LogP contribution in [0.1, 0.15) is 29.3 Å². The molecule has 0 aliphatic carbocycles. The summed E-state index contributed by atoms with van der Waals surface area (Å²) in [4.78, 5) is 11.1. The van der Waals surface area contributed by atoms with Gasteiger partial charge in [0.05, 0.1) is 9.85 Å². The normalized spacial score (nSPS) is 12.9. The predicted molar refractivity (Wildman–Crippen MR) is 59.1 cm³/mol. The van der Waals surface area contributed by atoms with Gasteiger partial charge in [-0.2, -0.15) is 0 Å². The Bertz CT molecular complexity index is 380. The molecule has 0 aromatic heterocycles. The Morgan fingerprint density at radius 3 is 2.53 bits per heavy atom. The Labute approximate surface area is 99.6 Å². The number of benzene rings is 1. The number of carbonyl (C=O) groups is 1. The van der Waals surface area contributed by atoms with E-state index in [0.717, 1.165) is 0 Å². The first kappa shape index (κ1) is 12.6. The monoisotopic (exact) mass is 296 g/mol.